The molecule has 1 heterocycles. The van der Waals surface area contributed by atoms with Crippen LogP contribution in [0.2, 0.25) is 6.04 Å². The Labute approximate surface area is 202 Å². The fourth-order valence-corrected chi connectivity index (χ4v) is 7.82. The second kappa shape index (κ2) is 17.8. The first-order valence-corrected chi connectivity index (χ1v) is 15.7. The van der Waals surface area contributed by atoms with Gasteiger partial charge in [-0.1, -0.05) is 115 Å². The highest BCUT2D eigenvalue weighted by molar-refractivity contribution is 6.53. The molecule has 1 aromatic rings. The number of unbranched alkanes of at least 4 members (excludes halogenated alkanes) is 9. The van der Waals surface area contributed by atoms with E-state index in [0.29, 0.717) is 11.7 Å². The summed E-state index contributed by atoms with van der Waals surface area (Å²) in [7, 11) is -0.708. The summed E-state index contributed by atoms with van der Waals surface area (Å²) in [5.41, 5.74) is 3.58. The van der Waals surface area contributed by atoms with Crippen molar-refractivity contribution >= 4 is 9.04 Å². The molecule has 0 aromatic heterocycles. The predicted molar refractivity (Wildman–Crippen MR) is 143 cm³/mol. The van der Waals surface area contributed by atoms with Crippen LogP contribution in [0.15, 0.2) is 24.3 Å². The fraction of sp³-hybridized carbons (Fsp3) is 0.793. The Kier molecular flexibility index (Phi) is 15.3. The summed E-state index contributed by atoms with van der Waals surface area (Å²) in [6, 6.07) is 10.9. The highest BCUT2D eigenvalue weighted by Gasteiger charge is 2.29. The smallest absolute Gasteiger partial charge is 0.228 e. The van der Waals surface area contributed by atoms with Crippen molar-refractivity contribution in [3.63, 3.8) is 0 Å². The van der Waals surface area contributed by atoms with Gasteiger partial charge < -0.3 is 9.74 Å². The molecule has 1 aliphatic rings. The third kappa shape index (κ3) is 11.5. The second-order valence-corrected chi connectivity index (χ2v) is 12.5. The minimum Gasteiger partial charge on any atom is -0.415 e. The zero-order chi connectivity index (χ0) is 22.9. The molecule has 0 spiro atoms. The lowest BCUT2D eigenvalue weighted by Gasteiger charge is -2.32. The molecule has 1 aliphatic heterocycles. The number of benzene rings is 1. The second-order valence-electron chi connectivity index (χ2n) is 10.1. The highest BCUT2D eigenvalue weighted by atomic mass is 28.3. The average Bonchev–Trinajstić information content (AvgIpc) is 2.82. The van der Waals surface area contributed by atoms with E-state index in [2.05, 4.69) is 50.4 Å². The van der Waals surface area contributed by atoms with Crippen molar-refractivity contribution in [1.29, 1.82) is 0 Å². The van der Waals surface area contributed by atoms with E-state index in [-0.39, 0.29) is 0 Å². The van der Waals surface area contributed by atoms with Crippen molar-refractivity contribution in [2.24, 2.45) is 0 Å². The average molecular weight is 459 g/mol. The first kappa shape index (κ1) is 27.6. The van der Waals surface area contributed by atoms with Gasteiger partial charge in [-0.2, -0.15) is 0 Å². The summed E-state index contributed by atoms with van der Waals surface area (Å²) in [6.07, 6.45) is 21.8. The van der Waals surface area contributed by atoms with Gasteiger partial charge in [0.05, 0.1) is 0 Å². The van der Waals surface area contributed by atoms with E-state index in [9.17, 15) is 0 Å². The Morgan fingerprint density at radius 1 is 0.844 bits per heavy atom. The Morgan fingerprint density at radius 2 is 1.53 bits per heavy atom. The van der Waals surface area contributed by atoms with Crippen molar-refractivity contribution < 1.29 is 4.43 Å². The molecular formula is C29H52NOSi. The van der Waals surface area contributed by atoms with Gasteiger partial charge in [-0.25, -0.2) is 0 Å². The quantitative estimate of drug-likeness (QED) is 0.176. The van der Waals surface area contributed by atoms with Gasteiger partial charge in [-0.3, -0.25) is 0 Å². The number of aryl methyl sites for hydroxylation is 1. The number of hydrogen-bond donors (Lipinski definition) is 1. The normalized spacial score (nSPS) is 16.8. The van der Waals surface area contributed by atoms with Gasteiger partial charge in [0.2, 0.25) is 9.04 Å². The van der Waals surface area contributed by atoms with Crippen molar-refractivity contribution in [3.8, 4) is 0 Å². The van der Waals surface area contributed by atoms with Crippen LogP contribution in [-0.4, -0.2) is 27.4 Å². The Bertz CT molecular complexity index is 572. The topological polar surface area (TPSA) is 21.3 Å². The lowest BCUT2D eigenvalue weighted by atomic mass is 9.96. The maximum Gasteiger partial charge on any atom is 0.228 e. The van der Waals surface area contributed by atoms with Crippen LogP contribution in [0.5, 0.6) is 0 Å². The summed E-state index contributed by atoms with van der Waals surface area (Å²) >= 11 is 0. The van der Waals surface area contributed by atoms with E-state index in [1.54, 1.807) is 0 Å². The van der Waals surface area contributed by atoms with Crippen molar-refractivity contribution in [1.82, 2.24) is 5.32 Å². The fourth-order valence-electron chi connectivity index (χ4n) is 5.09. The number of rotatable bonds is 18. The molecule has 183 valence electrons. The van der Waals surface area contributed by atoms with Crippen LogP contribution >= 0.6 is 0 Å². The van der Waals surface area contributed by atoms with E-state index in [1.165, 1.54) is 120 Å². The molecule has 2 unspecified atom stereocenters. The zero-order valence-corrected chi connectivity index (χ0v) is 22.6. The summed E-state index contributed by atoms with van der Waals surface area (Å²) in [6.45, 7) is 7.90. The molecule has 0 saturated carbocycles. The first-order valence-electron chi connectivity index (χ1n) is 14.0. The third-order valence-corrected chi connectivity index (χ3v) is 9.80. The molecular weight excluding hydrogens is 406 g/mol. The molecule has 1 fully saturated rings. The molecule has 1 saturated heterocycles. The maximum absolute atomic E-state index is 6.31. The van der Waals surface area contributed by atoms with Crippen LogP contribution in [0.25, 0.3) is 0 Å². The van der Waals surface area contributed by atoms with Crippen molar-refractivity contribution in [2.75, 3.05) is 6.61 Å². The maximum atomic E-state index is 6.31. The minimum absolute atomic E-state index is 0.588. The number of hydrogen-bond acceptors (Lipinski definition) is 2. The van der Waals surface area contributed by atoms with Crippen LogP contribution in [0.3, 0.4) is 0 Å². The van der Waals surface area contributed by atoms with Crippen molar-refractivity contribution in [3.05, 3.63) is 35.4 Å². The summed E-state index contributed by atoms with van der Waals surface area (Å²) in [5.74, 6) is 0. The van der Waals surface area contributed by atoms with Crippen LogP contribution in [-0.2, 0) is 10.8 Å². The predicted octanol–water partition coefficient (Wildman–Crippen LogP) is 8.32. The van der Waals surface area contributed by atoms with Gasteiger partial charge in [0.25, 0.3) is 0 Å². The summed E-state index contributed by atoms with van der Waals surface area (Å²) in [4.78, 5) is 0. The summed E-state index contributed by atoms with van der Waals surface area (Å²) in [5, 5.41) is 4.15. The van der Waals surface area contributed by atoms with Gasteiger partial charge in [-0.05, 0) is 49.8 Å². The van der Waals surface area contributed by atoms with E-state index in [4.69, 9.17) is 4.43 Å². The van der Waals surface area contributed by atoms with Crippen molar-refractivity contribution in [2.45, 2.75) is 141 Å². The Hall–Kier alpha value is -0.643. The Balaban J connectivity index is 1.80. The summed E-state index contributed by atoms with van der Waals surface area (Å²) < 4.78 is 6.31. The van der Waals surface area contributed by atoms with Gasteiger partial charge in [0.15, 0.2) is 0 Å². The van der Waals surface area contributed by atoms with Gasteiger partial charge >= 0.3 is 0 Å². The first-order chi connectivity index (χ1) is 15.7. The van der Waals surface area contributed by atoms with Crippen LogP contribution in [0.4, 0.5) is 0 Å². The molecule has 1 radical (unpaired) electrons. The largest absolute Gasteiger partial charge is 0.415 e. The molecule has 1 aromatic carbocycles. The van der Waals surface area contributed by atoms with Gasteiger partial charge in [0.1, 0.15) is 0 Å². The number of nitrogens with one attached hydrogen (secondary N) is 1. The molecule has 32 heavy (non-hydrogen) atoms. The third-order valence-electron chi connectivity index (χ3n) is 7.14. The van der Waals surface area contributed by atoms with E-state index >= 15 is 0 Å². The molecule has 2 rings (SSSR count). The van der Waals surface area contributed by atoms with E-state index in [0.717, 1.165) is 6.61 Å². The standard InChI is InChI=1S/C29H52NOSi/c1-4-6-7-8-9-10-11-12-13-14-22-28(25-27-21-16-15-20-26(27)3)30-29(19-5-2)32-24-18-17-23-31-32/h15-16,20-21,28-30H,4-14,17-19,22-25H2,1-3H3. The molecule has 1 N–H and O–H groups in total. The van der Waals surface area contributed by atoms with Crippen LogP contribution in [0.1, 0.15) is 121 Å². The zero-order valence-electron chi connectivity index (χ0n) is 21.6. The SMILES string of the molecule is CCCCCCCCCCCCC(Cc1ccccc1C)NC(CCC)[Si]1CCCCO1. The Morgan fingerprint density at radius 3 is 2.16 bits per heavy atom. The van der Waals surface area contributed by atoms with E-state index < -0.39 is 9.04 Å². The molecule has 3 heteroatoms. The lowest BCUT2D eigenvalue weighted by Crippen LogP contribution is -2.51. The molecule has 0 aliphatic carbocycles. The lowest BCUT2D eigenvalue weighted by molar-refractivity contribution is 0.267. The van der Waals surface area contributed by atoms with Gasteiger partial charge in [0, 0.05) is 18.3 Å². The molecule has 0 amide bonds. The van der Waals surface area contributed by atoms with Crippen LogP contribution in [0, 0.1) is 6.92 Å². The molecule has 2 nitrogen and oxygen atoms in total. The molecule has 0 bridgehead atoms. The monoisotopic (exact) mass is 458 g/mol. The highest BCUT2D eigenvalue weighted by Crippen LogP contribution is 2.20. The van der Waals surface area contributed by atoms with Gasteiger partial charge in [-0.15, -0.1) is 0 Å². The molecule has 2 atom stereocenters. The van der Waals surface area contributed by atoms with E-state index in [1.807, 2.05) is 0 Å². The van der Waals surface area contributed by atoms with Crippen LogP contribution < -0.4 is 5.32 Å². The minimum atomic E-state index is -0.708.